The Bertz CT molecular complexity index is 447. The van der Waals surface area contributed by atoms with Gasteiger partial charge in [0.25, 0.3) is 0 Å². The summed E-state index contributed by atoms with van der Waals surface area (Å²) in [6.45, 7) is 6.01. The monoisotopic (exact) mass is 204 g/mol. The van der Waals surface area contributed by atoms with Crippen LogP contribution >= 0.6 is 0 Å². The molecule has 0 aromatic carbocycles. The average molecular weight is 204 g/mol. The van der Waals surface area contributed by atoms with Crippen LogP contribution in [0.15, 0.2) is 12.3 Å². The van der Waals surface area contributed by atoms with Crippen molar-refractivity contribution in [3.05, 3.63) is 23.7 Å². The fourth-order valence-corrected chi connectivity index (χ4v) is 1.55. The molecule has 15 heavy (non-hydrogen) atoms. The lowest BCUT2D eigenvalue weighted by atomic mass is 10.3. The van der Waals surface area contributed by atoms with Crippen molar-refractivity contribution < 1.29 is 0 Å². The first kappa shape index (κ1) is 10.1. The third-order valence-electron chi connectivity index (χ3n) is 2.37. The third-order valence-corrected chi connectivity index (χ3v) is 2.37. The molecule has 0 atom stereocenters. The highest BCUT2D eigenvalue weighted by atomic mass is 15.0. The van der Waals surface area contributed by atoms with Crippen LogP contribution in [0.2, 0.25) is 0 Å². The van der Waals surface area contributed by atoms with Crippen LogP contribution in [0, 0.1) is 6.92 Å². The Hall–Kier alpha value is -1.42. The molecule has 0 aliphatic heterocycles. The second-order valence-electron chi connectivity index (χ2n) is 3.69. The third kappa shape index (κ3) is 2.15. The van der Waals surface area contributed by atoms with Crippen LogP contribution in [0.1, 0.15) is 24.7 Å². The first-order chi connectivity index (χ1) is 7.31. The number of rotatable bonds is 4. The number of aromatic amines is 1. The molecule has 0 unspecified atom stereocenters. The van der Waals surface area contributed by atoms with E-state index in [1.54, 1.807) is 6.20 Å². The first-order valence-electron chi connectivity index (χ1n) is 5.32. The number of aryl methyl sites for hydroxylation is 1. The zero-order chi connectivity index (χ0) is 10.7. The van der Waals surface area contributed by atoms with Crippen molar-refractivity contribution in [2.45, 2.75) is 26.8 Å². The number of pyridine rings is 1. The Morgan fingerprint density at radius 1 is 1.47 bits per heavy atom. The van der Waals surface area contributed by atoms with Gasteiger partial charge in [0.1, 0.15) is 5.82 Å². The van der Waals surface area contributed by atoms with E-state index in [-0.39, 0.29) is 0 Å². The van der Waals surface area contributed by atoms with Gasteiger partial charge in [0.2, 0.25) is 0 Å². The van der Waals surface area contributed by atoms with Gasteiger partial charge in [-0.3, -0.25) is 0 Å². The molecule has 2 N–H and O–H groups in total. The number of H-pyrrole nitrogens is 1. The van der Waals surface area contributed by atoms with Crippen molar-refractivity contribution in [1.82, 2.24) is 20.3 Å². The largest absolute Gasteiger partial charge is 0.339 e. The molecule has 80 valence electrons. The summed E-state index contributed by atoms with van der Waals surface area (Å²) < 4.78 is 0. The van der Waals surface area contributed by atoms with E-state index in [1.807, 2.05) is 6.07 Å². The highest BCUT2D eigenvalue weighted by molar-refractivity contribution is 5.74. The average Bonchev–Trinajstić information content (AvgIpc) is 2.63. The van der Waals surface area contributed by atoms with Gasteiger partial charge in [-0.15, -0.1) is 0 Å². The number of hydrogen-bond acceptors (Lipinski definition) is 3. The number of nitrogens with one attached hydrogen (secondary N) is 2. The summed E-state index contributed by atoms with van der Waals surface area (Å²) in [7, 11) is 0. The van der Waals surface area contributed by atoms with Crippen LogP contribution in [-0.2, 0) is 6.54 Å². The Labute approximate surface area is 89.1 Å². The smallest absolute Gasteiger partial charge is 0.178 e. The lowest BCUT2D eigenvalue weighted by molar-refractivity contribution is 0.656. The molecule has 0 spiro atoms. The van der Waals surface area contributed by atoms with E-state index in [1.165, 1.54) is 5.56 Å². The molecule has 0 bridgehead atoms. The minimum Gasteiger partial charge on any atom is -0.339 e. The Kier molecular flexibility index (Phi) is 2.97. The van der Waals surface area contributed by atoms with Gasteiger partial charge in [-0.05, 0) is 31.5 Å². The molecular formula is C11H16N4. The van der Waals surface area contributed by atoms with Crippen LogP contribution in [-0.4, -0.2) is 21.5 Å². The lowest BCUT2D eigenvalue weighted by Crippen LogP contribution is -2.14. The quantitative estimate of drug-likeness (QED) is 0.746. The van der Waals surface area contributed by atoms with E-state index < -0.39 is 0 Å². The summed E-state index contributed by atoms with van der Waals surface area (Å²) in [5, 5.41) is 3.31. The number of aromatic nitrogens is 3. The predicted octanol–water partition coefficient (Wildman–Crippen LogP) is 1.77. The number of fused-ring (bicyclic) bond motifs is 1. The topological polar surface area (TPSA) is 53.6 Å². The molecule has 2 aromatic heterocycles. The summed E-state index contributed by atoms with van der Waals surface area (Å²) >= 11 is 0. The summed E-state index contributed by atoms with van der Waals surface area (Å²) in [5.74, 6) is 0.959. The highest BCUT2D eigenvalue weighted by Crippen LogP contribution is 2.12. The van der Waals surface area contributed by atoms with Crippen molar-refractivity contribution >= 4 is 11.2 Å². The highest BCUT2D eigenvalue weighted by Gasteiger charge is 2.04. The van der Waals surface area contributed by atoms with E-state index in [0.29, 0.717) is 0 Å². The van der Waals surface area contributed by atoms with Crippen LogP contribution < -0.4 is 5.32 Å². The van der Waals surface area contributed by atoms with Crippen LogP contribution in [0.25, 0.3) is 11.2 Å². The molecule has 0 aliphatic carbocycles. The molecule has 0 aliphatic rings. The SMILES string of the molecule is CCCNCc1nc2nccc(C)c2[nH]1. The maximum atomic E-state index is 4.42. The van der Waals surface area contributed by atoms with Crippen LogP contribution in [0.4, 0.5) is 0 Å². The molecule has 2 heterocycles. The van der Waals surface area contributed by atoms with E-state index in [2.05, 4.69) is 34.1 Å². The Morgan fingerprint density at radius 2 is 2.33 bits per heavy atom. The molecular weight excluding hydrogens is 188 g/mol. The summed E-state index contributed by atoms with van der Waals surface area (Å²) in [4.78, 5) is 11.9. The predicted molar refractivity (Wildman–Crippen MR) is 60.6 cm³/mol. The fourth-order valence-electron chi connectivity index (χ4n) is 1.55. The minimum atomic E-state index is 0.781. The molecule has 2 rings (SSSR count). The molecule has 0 radical (unpaired) electrons. The molecule has 0 fully saturated rings. The van der Waals surface area contributed by atoms with Crippen molar-refractivity contribution in [3.8, 4) is 0 Å². The summed E-state index contributed by atoms with van der Waals surface area (Å²) in [6, 6.07) is 1.99. The van der Waals surface area contributed by atoms with Gasteiger partial charge < -0.3 is 10.3 Å². The molecule has 4 heteroatoms. The number of nitrogens with zero attached hydrogens (tertiary/aromatic N) is 2. The van der Waals surface area contributed by atoms with E-state index in [9.17, 15) is 0 Å². The number of imidazole rings is 1. The Morgan fingerprint density at radius 3 is 3.07 bits per heavy atom. The molecule has 0 amide bonds. The van der Waals surface area contributed by atoms with Crippen molar-refractivity contribution in [1.29, 1.82) is 0 Å². The standard InChI is InChI=1S/C11H16N4/c1-3-5-12-7-9-14-10-8(2)4-6-13-11(10)15-9/h4,6,12H,3,5,7H2,1-2H3,(H,13,14,15). The Balaban J connectivity index is 2.20. The van der Waals surface area contributed by atoms with Crippen molar-refractivity contribution in [3.63, 3.8) is 0 Å². The zero-order valence-electron chi connectivity index (χ0n) is 9.17. The lowest BCUT2D eigenvalue weighted by Gasteiger charge is -1.97. The molecule has 2 aromatic rings. The van der Waals surface area contributed by atoms with Gasteiger partial charge in [-0.1, -0.05) is 6.92 Å². The second kappa shape index (κ2) is 4.40. The molecule has 4 nitrogen and oxygen atoms in total. The summed E-state index contributed by atoms with van der Waals surface area (Å²) in [6.07, 6.45) is 2.93. The van der Waals surface area contributed by atoms with Crippen LogP contribution in [0.5, 0.6) is 0 Å². The van der Waals surface area contributed by atoms with Gasteiger partial charge in [-0.25, -0.2) is 9.97 Å². The van der Waals surface area contributed by atoms with E-state index >= 15 is 0 Å². The van der Waals surface area contributed by atoms with Crippen LogP contribution in [0.3, 0.4) is 0 Å². The number of hydrogen-bond donors (Lipinski definition) is 2. The first-order valence-corrected chi connectivity index (χ1v) is 5.32. The van der Waals surface area contributed by atoms with E-state index in [0.717, 1.165) is 36.5 Å². The fraction of sp³-hybridized carbons (Fsp3) is 0.455. The van der Waals surface area contributed by atoms with Crippen molar-refractivity contribution in [2.75, 3.05) is 6.54 Å². The van der Waals surface area contributed by atoms with Gasteiger partial charge >= 0.3 is 0 Å². The van der Waals surface area contributed by atoms with Gasteiger partial charge in [0, 0.05) is 6.20 Å². The van der Waals surface area contributed by atoms with E-state index in [4.69, 9.17) is 0 Å². The zero-order valence-corrected chi connectivity index (χ0v) is 9.17. The maximum absolute atomic E-state index is 4.42. The summed E-state index contributed by atoms with van der Waals surface area (Å²) in [5.41, 5.74) is 3.04. The molecule has 0 saturated carbocycles. The van der Waals surface area contributed by atoms with Gasteiger partial charge in [0.15, 0.2) is 5.65 Å². The van der Waals surface area contributed by atoms with Gasteiger partial charge in [0.05, 0.1) is 12.1 Å². The van der Waals surface area contributed by atoms with Gasteiger partial charge in [-0.2, -0.15) is 0 Å². The normalized spacial score (nSPS) is 11.1. The second-order valence-corrected chi connectivity index (χ2v) is 3.69. The van der Waals surface area contributed by atoms with Crippen molar-refractivity contribution in [2.24, 2.45) is 0 Å². The minimum absolute atomic E-state index is 0.781. The maximum Gasteiger partial charge on any atom is 0.178 e. The molecule has 0 saturated heterocycles.